The Morgan fingerprint density at radius 2 is 1.34 bits per heavy atom. The van der Waals surface area contributed by atoms with Gasteiger partial charge in [-0.25, -0.2) is 4.79 Å². The topological polar surface area (TPSA) is 395 Å². The highest BCUT2D eigenvalue weighted by molar-refractivity contribution is 14.1. The zero-order valence-corrected chi connectivity index (χ0v) is 59.6. The Morgan fingerprint density at radius 1 is 0.733 bits per heavy atom. The average Bonchev–Trinajstić information content (AvgIpc) is 1.61. The minimum absolute atomic E-state index is 0.0460. The quantitative estimate of drug-likeness (QED) is 0.0237. The first-order chi connectivity index (χ1) is 42.0. The monoisotopic (exact) mass is 1430 g/mol. The second-order valence-corrected chi connectivity index (χ2v) is 31.2. The number of halogens is 1. The smallest absolute Gasteiger partial charge is 0.328 e. The standard InChI is InChI=1S/C60H108IN10O17PS/c1-16-21-37(19-4)31-69(12)49(33(7)8)56(81)67-47(32(5)6)57(82)70(13)50(34(9)18-3)42(87-14)27-45(74)71-26-20-22-41(71)51(88-15)35(10)52(77)68-48(36(11)72)55(80)65-38(23-24-46(75)76)54(79)66-40(58(83)84)30-63-53(78)39(29-62)64-44(73)28-43(59(85)86)90-60(61,89)25-17-2/h32-43,47-51,72H,16-31,62,89H2,1-15H3,(H,63,78)(H,64,73)(H,65,80)(H,66,79)(H,67,81)(H,68,77)(H,75,76)(H,83,84)(H,85,86)/t34-,35+,36?,37?,38-,39-,40-,41-,42+,43?,47-,48-,49-,50-,51?,60?/m0/s1. The van der Waals surface area contributed by atoms with Gasteiger partial charge in [0.2, 0.25) is 47.3 Å². The van der Waals surface area contributed by atoms with E-state index in [1.807, 2.05) is 55.5 Å². The fourth-order valence-corrected chi connectivity index (χ4v) is 14.8. The van der Waals surface area contributed by atoms with E-state index in [0.717, 1.165) is 44.0 Å². The molecule has 0 aromatic rings. The summed E-state index contributed by atoms with van der Waals surface area (Å²) in [7, 11) is 8.99. The number of hydrogen-bond acceptors (Lipinski definition) is 17. The summed E-state index contributed by atoms with van der Waals surface area (Å²) in [5.74, 6) is -11.5. The summed E-state index contributed by atoms with van der Waals surface area (Å²) in [4.78, 5) is 153. The lowest BCUT2D eigenvalue weighted by atomic mass is 9.89. The van der Waals surface area contributed by atoms with Crippen molar-refractivity contribution in [3.63, 3.8) is 0 Å². The molecule has 12 N–H and O–H groups in total. The number of carboxylic acid groups (broad SMARTS) is 3. The molecule has 0 spiro atoms. The van der Waals surface area contributed by atoms with E-state index in [1.54, 1.807) is 16.8 Å². The third-order valence-electron chi connectivity index (χ3n) is 16.6. The molecular weight excluding hydrogens is 1320 g/mol. The molecular formula is C60H108IN10O17PS. The fourth-order valence-electron chi connectivity index (χ4n) is 11.4. The average molecular weight is 1430 g/mol. The maximum absolute atomic E-state index is 14.7. The lowest BCUT2D eigenvalue weighted by Crippen LogP contribution is -2.61. The maximum Gasteiger partial charge on any atom is 0.328 e. The molecule has 0 radical (unpaired) electrons. The Hall–Kier alpha value is -4.52. The Kier molecular flexibility index (Phi) is 38.3. The van der Waals surface area contributed by atoms with E-state index >= 15 is 0 Å². The summed E-state index contributed by atoms with van der Waals surface area (Å²) in [5.41, 5.74) is 5.74. The van der Waals surface area contributed by atoms with Gasteiger partial charge >= 0.3 is 17.9 Å². The highest BCUT2D eigenvalue weighted by atomic mass is 127. The summed E-state index contributed by atoms with van der Waals surface area (Å²) >= 11 is 3.10. The summed E-state index contributed by atoms with van der Waals surface area (Å²) in [5, 5.41) is 53.7. The molecule has 1 rings (SSSR count). The normalized spacial score (nSPS) is 18.8. The van der Waals surface area contributed by atoms with Gasteiger partial charge in [-0.15, -0.1) is 21.0 Å². The molecule has 30 heteroatoms. The van der Waals surface area contributed by atoms with Gasteiger partial charge in [-0.3, -0.25) is 52.8 Å². The third kappa shape index (κ3) is 26.8. The van der Waals surface area contributed by atoms with Crippen molar-refractivity contribution in [2.24, 2.45) is 35.3 Å². The van der Waals surface area contributed by atoms with Crippen molar-refractivity contribution in [2.45, 2.75) is 228 Å². The molecule has 0 aromatic heterocycles. The molecule has 0 aromatic carbocycles. The molecule has 0 bridgehead atoms. The summed E-state index contributed by atoms with van der Waals surface area (Å²) in [6.07, 6.45) is 0.503. The van der Waals surface area contributed by atoms with Crippen LogP contribution in [-0.4, -0.2) is 229 Å². The molecule has 0 saturated carbocycles. The van der Waals surface area contributed by atoms with Crippen LogP contribution in [0.5, 0.6) is 0 Å². The molecule has 1 aliphatic heterocycles. The number of amides is 8. The van der Waals surface area contributed by atoms with Crippen LogP contribution >= 0.6 is 43.6 Å². The number of carbonyl (C=O) groups excluding carboxylic acids is 8. The third-order valence-corrected chi connectivity index (χ3v) is 19.8. The predicted molar refractivity (Wildman–Crippen MR) is 354 cm³/mol. The fraction of sp³-hybridized carbons (Fsp3) is 0.817. The Morgan fingerprint density at radius 3 is 1.83 bits per heavy atom. The first-order valence-corrected chi connectivity index (χ1v) is 33.9. The van der Waals surface area contributed by atoms with Crippen LogP contribution in [0.4, 0.5) is 0 Å². The number of likely N-dealkylation sites (N-methyl/N-ethyl adjacent to an activating group) is 2. The number of carboxylic acids is 3. The second kappa shape index (κ2) is 41.2. The summed E-state index contributed by atoms with van der Waals surface area (Å²) < 4.78 is 11.4. The number of nitrogens with one attached hydrogen (secondary N) is 6. The van der Waals surface area contributed by atoms with Gasteiger partial charge in [0.15, 0.2) is 0 Å². The van der Waals surface area contributed by atoms with Gasteiger partial charge in [0.25, 0.3) is 0 Å². The summed E-state index contributed by atoms with van der Waals surface area (Å²) in [6.45, 7) is 20.3. The van der Waals surface area contributed by atoms with Crippen LogP contribution in [0, 0.1) is 29.6 Å². The van der Waals surface area contributed by atoms with Crippen LogP contribution in [0.3, 0.4) is 0 Å². The SMILES string of the molecule is CCCC(CC)CN(C)[C@H](C(=O)N[C@H](C(=O)N(C)[C@@H]([C@@H](C)CC)[C@@H](CC(=O)N1CCC[C@H]1C(OC)[C@@H](C)C(=O)N[C@H](C(=O)N[C@@H](CCC(=O)O)C(=O)N[C@@H](CNC(=O)[C@H](CN)NC(=O)CC(SC(P)(I)CCC)C(=O)O)C(=O)O)C(C)O)OC)C(C)C)C(C)C. The van der Waals surface area contributed by atoms with E-state index in [-0.39, 0.29) is 48.4 Å². The second-order valence-electron chi connectivity index (χ2n) is 24.4. The van der Waals surface area contributed by atoms with E-state index in [0.29, 0.717) is 31.6 Å². The predicted octanol–water partition coefficient (Wildman–Crippen LogP) is 2.51. The Labute approximate surface area is 552 Å². The molecule has 518 valence electrons. The lowest BCUT2D eigenvalue weighted by Gasteiger charge is -2.41. The van der Waals surface area contributed by atoms with E-state index in [2.05, 4.69) is 82.5 Å². The maximum atomic E-state index is 14.7. The van der Waals surface area contributed by atoms with Crippen LogP contribution in [0.25, 0.3) is 0 Å². The van der Waals surface area contributed by atoms with Crippen LogP contribution in [0.15, 0.2) is 0 Å². The van der Waals surface area contributed by atoms with Gasteiger partial charge in [0.05, 0.1) is 51.3 Å². The molecule has 8 amide bonds. The van der Waals surface area contributed by atoms with Crippen molar-refractivity contribution in [3.05, 3.63) is 0 Å². The number of aliphatic hydroxyl groups is 1. The van der Waals surface area contributed by atoms with Gasteiger partial charge in [-0.2, -0.15) is 0 Å². The van der Waals surface area contributed by atoms with Crippen LogP contribution < -0.4 is 37.6 Å². The Bertz CT molecular complexity index is 2360. The highest BCUT2D eigenvalue weighted by Crippen LogP contribution is 2.46. The number of rotatable bonds is 44. The number of hydrogen-bond donors (Lipinski definition) is 11. The van der Waals surface area contributed by atoms with Crippen LogP contribution in [0.2, 0.25) is 0 Å². The van der Waals surface area contributed by atoms with E-state index in [9.17, 15) is 73.2 Å². The van der Waals surface area contributed by atoms with E-state index in [1.165, 1.54) is 28.1 Å². The van der Waals surface area contributed by atoms with Gasteiger partial charge in [-0.05, 0) is 69.7 Å². The Balaban J connectivity index is 3.35. The van der Waals surface area contributed by atoms with Crippen molar-refractivity contribution in [1.82, 2.24) is 46.6 Å². The molecule has 27 nitrogen and oxygen atoms in total. The zero-order chi connectivity index (χ0) is 69.1. The van der Waals surface area contributed by atoms with Gasteiger partial charge in [-0.1, -0.05) is 118 Å². The summed E-state index contributed by atoms with van der Waals surface area (Å²) in [6, 6.07) is -9.61. The van der Waals surface area contributed by atoms with Crippen molar-refractivity contribution >= 4 is 109 Å². The largest absolute Gasteiger partial charge is 0.481 e. The van der Waals surface area contributed by atoms with Crippen molar-refractivity contribution in [2.75, 3.05) is 54.5 Å². The number of nitrogens with zero attached hydrogens (tertiary/aromatic N) is 3. The molecule has 1 fully saturated rings. The molecule has 0 aliphatic carbocycles. The van der Waals surface area contributed by atoms with Crippen molar-refractivity contribution < 1.29 is 82.6 Å². The minimum Gasteiger partial charge on any atom is -0.481 e. The molecule has 90 heavy (non-hydrogen) atoms. The number of nitrogens with two attached hydrogens (primary N) is 1. The van der Waals surface area contributed by atoms with Crippen LogP contribution in [-0.2, 0) is 62.2 Å². The first-order valence-electron chi connectivity index (χ1n) is 31.3. The van der Waals surface area contributed by atoms with Crippen molar-refractivity contribution in [3.8, 4) is 0 Å². The van der Waals surface area contributed by atoms with Crippen LogP contribution in [0.1, 0.15) is 153 Å². The minimum atomic E-state index is -1.91. The van der Waals surface area contributed by atoms with Gasteiger partial charge < -0.3 is 77.3 Å². The number of methoxy groups -OCH3 is 2. The first kappa shape index (κ1) is 83.5. The van der Waals surface area contributed by atoms with Crippen molar-refractivity contribution in [1.29, 1.82) is 0 Å². The molecule has 1 saturated heterocycles. The van der Waals surface area contributed by atoms with E-state index < -0.39 is 160 Å². The number of likely N-dealkylation sites (tertiary alicyclic amines) is 1. The number of ether oxygens (including phenoxy) is 2. The van der Waals surface area contributed by atoms with E-state index in [4.69, 9.17) is 15.2 Å². The van der Waals surface area contributed by atoms with Gasteiger partial charge in [0, 0.05) is 60.3 Å². The highest BCUT2D eigenvalue weighted by Gasteiger charge is 2.45. The lowest BCUT2D eigenvalue weighted by molar-refractivity contribution is -0.148. The number of carbonyl (C=O) groups is 11. The molecule has 6 unspecified atom stereocenters. The molecule has 1 heterocycles. The zero-order valence-electron chi connectivity index (χ0n) is 55.5. The number of aliphatic carboxylic acids is 3. The number of alkyl halides is 1. The van der Waals surface area contributed by atoms with Gasteiger partial charge in [0.1, 0.15) is 35.5 Å². The number of thioether (sulfide) groups is 1. The molecule has 17 atom stereocenters. The number of aliphatic hydroxyl groups excluding tert-OH is 1. The molecule has 1 aliphatic rings.